The van der Waals surface area contributed by atoms with Crippen molar-refractivity contribution in [3.63, 3.8) is 0 Å². The van der Waals surface area contributed by atoms with Crippen molar-refractivity contribution in [1.82, 2.24) is 10.0 Å². The fourth-order valence-corrected chi connectivity index (χ4v) is 4.98. The van der Waals surface area contributed by atoms with Crippen molar-refractivity contribution in [3.05, 3.63) is 29.3 Å². The van der Waals surface area contributed by atoms with Crippen LogP contribution < -0.4 is 15.8 Å². The van der Waals surface area contributed by atoms with Crippen molar-refractivity contribution >= 4 is 15.9 Å². The first-order chi connectivity index (χ1) is 12.4. The Morgan fingerprint density at radius 3 is 2.50 bits per heavy atom. The zero-order valence-corrected chi connectivity index (χ0v) is 16.1. The maximum Gasteiger partial charge on any atom is 0.251 e. The molecule has 0 spiro atoms. The van der Waals surface area contributed by atoms with Crippen LogP contribution >= 0.6 is 0 Å². The van der Waals surface area contributed by atoms with Gasteiger partial charge in [0, 0.05) is 24.2 Å². The second-order valence-corrected chi connectivity index (χ2v) is 9.30. The number of hydrogen-bond donors (Lipinski definition) is 3. The molecule has 1 atom stereocenters. The number of benzene rings is 1. The summed E-state index contributed by atoms with van der Waals surface area (Å²) in [7, 11) is -3.58. The Morgan fingerprint density at radius 2 is 1.88 bits per heavy atom. The Labute approximate surface area is 156 Å². The molecule has 0 aliphatic heterocycles. The van der Waals surface area contributed by atoms with Gasteiger partial charge in [-0.25, -0.2) is 13.1 Å². The average molecular weight is 380 g/mol. The number of carbonyl (C=O) groups is 1. The molecule has 0 radical (unpaired) electrons. The molecular weight excluding hydrogens is 350 g/mol. The average Bonchev–Trinajstić information content (AvgIpc) is 3.43. The first kappa shape index (κ1) is 19.3. The van der Waals surface area contributed by atoms with Gasteiger partial charge in [-0.3, -0.25) is 4.79 Å². The van der Waals surface area contributed by atoms with Crippen LogP contribution in [-0.4, -0.2) is 33.0 Å². The third-order valence-electron chi connectivity index (χ3n) is 5.45. The van der Waals surface area contributed by atoms with E-state index >= 15 is 0 Å². The van der Waals surface area contributed by atoms with Crippen molar-refractivity contribution in [2.75, 3.05) is 6.54 Å². The second kappa shape index (κ2) is 8.06. The topological polar surface area (TPSA) is 101 Å². The lowest BCUT2D eigenvalue weighted by Crippen LogP contribution is -2.46. The lowest BCUT2D eigenvalue weighted by atomic mass is 9.83. The molecule has 2 aliphatic carbocycles. The molecule has 2 aliphatic rings. The molecule has 0 saturated heterocycles. The molecule has 144 valence electrons. The van der Waals surface area contributed by atoms with Gasteiger partial charge in [-0.15, -0.1) is 0 Å². The van der Waals surface area contributed by atoms with Gasteiger partial charge >= 0.3 is 0 Å². The molecule has 26 heavy (non-hydrogen) atoms. The minimum Gasteiger partial charge on any atom is -0.348 e. The standard InChI is InChI=1S/C19H29N3O3S/c1-13-7-10-16(26(24,25)22-15-8-9-15)11-17(13)19(23)21-18(12-20)14-5-3-2-4-6-14/h7,10-11,14-15,18,22H,2-6,8-9,12,20H2,1H3,(H,21,23). The number of nitrogens with one attached hydrogen (secondary N) is 2. The number of amides is 1. The number of rotatable bonds is 7. The van der Waals surface area contributed by atoms with Crippen LogP contribution in [0, 0.1) is 12.8 Å². The highest BCUT2D eigenvalue weighted by Crippen LogP contribution is 2.27. The zero-order valence-electron chi connectivity index (χ0n) is 15.3. The highest BCUT2D eigenvalue weighted by atomic mass is 32.2. The minimum absolute atomic E-state index is 0.0338. The summed E-state index contributed by atoms with van der Waals surface area (Å²) in [5, 5.41) is 3.05. The van der Waals surface area contributed by atoms with Crippen molar-refractivity contribution in [2.45, 2.75) is 68.8 Å². The van der Waals surface area contributed by atoms with E-state index < -0.39 is 10.0 Å². The van der Waals surface area contributed by atoms with Crippen LogP contribution in [0.2, 0.25) is 0 Å². The summed E-state index contributed by atoms with van der Waals surface area (Å²) >= 11 is 0. The van der Waals surface area contributed by atoms with Crippen LogP contribution in [0.1, 0.15) is 60.9 Å². The molecule has 0 heterocycles. The van der Waals surface area contributed by atoms with E-state index in [0.29, 0.717) is 18.0 Å². The molecule has 1 amide bonds. The van der Waals surface area contributed by atoms with E-state index in [4.69, 9.17) is 5.73 Å². The van der Waals surface area contributed by atoms with Crippen LogP contribution in [0.3, 0.4) is 0 Å². The molecule has 3 rings (SSSR count). The fourth-order valence-electron chi connectivity index (χ4n) is 3.65. The number of carbonyl (C=O) groups excluding carboxylic acids is 1. The molecule has 2 fully saturated rings. The van der Waals surface area contributed by atoms with Gasteiger partial charge in [-0.05, 0) is 56.2 Å². The monoisotopic (exact) mass is 379 g/mol. The fraction of sp³-hybridized carbons (Fsp3) is 0.632. The third-order valence-corrected chi connectivity index (χ3v) is 6.97. The Kier molecular flexibility index (Phi) is 5.99. The summed E-state index contributed by atoms with van der Waals surface area (Å²) in [5.41, 5.74) is 7.07. The molecule has 2 saturated carbocycles. The predicted molar refractivity (Wildman–Crippen MR) is 101 cm³/mol. The summed E-state index contributed by atoms with van der Waals surface area (Å²) in [6.07, 6.45) is 7.51. The zero-order chi connectivity index (χ0) is 18.7. The molecule has 0 aromatic heterocycles. The van der Waals surface area contributed by atoms with Gasteiger partial charge in [0.15, 0.2) is 0 Å². The van der Waals surface area contributed by atoms with Crippen LogP contribution in [-0.2, 0) is 10.0 Å². The second-order valence-electron chi connectivity index (χ2n) is 7.59. The van der Waals surface area contributed by atoms with Crippen molar-refractivity contribution < 1.29 is 13.2 Å². The van der Waals surface area contributed by atoms with Crippen LogP contribution in [0.15, 0.2) is 23.1 Å². The van der Waals surface area contributed by atoms with Crippen molar-refractivity contribution in [1.29, 1.82) is 0 Å². The van der Waals surface area contributed by atoms with E-state index in [2.05, 4.69) is 10.0 Å². The Morgan fingerprint density at radius 1 is 1.19 bits per heavy atom. The van der Waals surface area contributed by atoms with Crippen LogP contribution in [0.4, 0.5) is 0 Å². The maximum absolute atomic E-state index is 12.8. The van der Waals surface area contributed by atoms with E-state index in [1.54, 1.807) is 12.1 Å². The molecule has 0 bridgehead atoms. The number of sulfonamides is 1. The quantitative estimate of drug-likeness (QED) is 0.675. The Bertz CT molecular complexity index is 753. The summed E-state index contributed by atoms with van der Waals surface area (Å²) in [6, 6.07) is 4.69. The number of hydrogen-bond acceptors (Lipinski definition) is 4. The maximum atomic E-state index is 12.8. The lowest BCUT2D eigenvalue weighted by molar-refractivity contribution is 0.0914. The molecule has 1 aromatic rings. The summed E-state index contributed by atoms with van der Waals surface area (Å²) in [6.45, 7) is 2.22. The van der Waals surface area contributed by atoms with E-state index in [9.17, 15) is 13.2 Å². The van der Waals surface area contributed by atoms with Crippen LogP contribution in [0.25, 0.3) is 0 Å². The van der Waals surface area contributed by atoms with E-state index in [0.717, 1.165) is 31.2 Å². The first-order valence-electron chi connectivity index (χ1n) is 9.54. The molecule has 7 heteroatoms. The van der Waals surface area contributed by atoms with E-state index in [1.165, 1.54) is 25.3 Å². The smallest absolute Gasteiger partial charge is 0.251 e. The normalized spacial score (nSPS) is 19.9. The van der Waals surface area contributed by atoms with Gasteiger partial charge in [-0.2, -0.15) is 0 Å². The van der Waals surface area contributed by atoms with Crippen molar-refractivity contribution in [3.8, 4) is 0 Å². The molecule has 6 nitrogen and oxygen atoms in total. The first-order valence-corrected chi connectivity index (χ1v) is 11.0. The van der Waals surface area contributed by atoms with Gasteiger partial charge < -0.3 is 11.1 Å². The van der Waals surface area contributed by atoms with Gasteiger partial charge in [0.25, 0.3) is 5.91 Å². The Balaban J connectivity index is 1.76. The molecule has 1 unspecified atom stereocenters. The number of aryl methyl sites for hydroxylation is 1. The van der Waals surface area contributed by atoms with Gasteiger partial charge in [0.2, 0.25) is 10.0 Å². The van der Waals surface area contributed by atoms with Gasteiger partial charge in [-0.1, -0.05) is 25.3 Å². The van der Waals surface area contributed by atoms with Crippen LogP contribution in [0.5, 0.6) is 0 Å². The minimum atomic E-state index is -3.58. The van der Waals surface area contributed by atoms with Gasteiger partial charge in [0.1, 0.15) is 0 Å². The predicted octanol–water partition coefficient (Wildman–Crippen LogP) is 2.07. The highest BCUT2D eigenvalue weighted by molar-refractivity contribution is 7.89. The van der Waals surface area contributed by atoms with Gasteiger partial charge in [0.05, 0.1) is 4.90 Å². The third kappa shape index (κ3) is 4.64. The molecule has 1 aromatic carbocycles. The largest absolute Gasteiger partial charge is 0.348 e. The van der Waals surface area contributed by atoms with E-state index in [1.807, 2.05) is 6.92 Å². The van der Waals surface area contributed by atoms with E-state index in [-0.39, 0.29) is 22.9 Å². The summed E-state index contributed by atoms with van der Waals surface area (Å²) in [5.74, 6) is 0.161. The number of nitrogens with two attached hydrogens (primary N) is 1. The summed E-state index contributed by atoms with van der Waals surface area (Å²) < 4.78 is 27.5. The molecular formula is C19H29N3O3S. The Hall–Kier alpha value is -1.44. The summed E-state index contributed by atoms with van der Waals surface area (Å²) in [4.78, 5) is 13.0. The molecule has 4 N–H and O–H groups in total. The SMILES string of the molecule is Cc1ccc(S(=O)(=O)NC2CC2)cc1C(=O)NC(CN)C1CCCCC1. The lowest BCUT2D eigenvalue weighted by Gasteiger charge is -2.30. The van der Waals surface area contributed by atoms with Crippen molar-refractivity contribution in [2.24, 2.45) is 11.7 Å². The highest BCUT2D eigenvalue weighted by Gasteiger charge is 2.29.